The highest BCUT2D eigenvalue weighted by Crippen LogP contribution is 2.57. The number of ether oxygens (including phenoxy) is 2. The molecule has 1 aromatic carbocycles. The maximum absolute atomic E-state index is 11.7. The number of carbonyl (C=O) groups is 1. The molecule has 1 aliphatic heterocycles. The summed E-state index contributed by atoms with van der Waals surface area (Å²) in [5.41, 5.74) is 4.89. The number of fused-ring (bicyclic) bond motifs is 1. The molecule has 2 aliphatic rings. The summed E-state index contributed by atoms with van der Waals surface area (Å²) >= 11 is 0. The van der Waals surface area contributed by atoms with Gasteiger partial charge in [-0.2, -0.15) is 0 Å². The second kappa shape index (κ2) is 10.5. The largest absolute Gasteiger partial charge is 0.492 e. The summed E-state index contributed by atoms with van der Waals surface area (Å²) in [6.07, 6.45) is 11.3. The number of esters is 1. The number of rotatable bonds is 11. The van der Waals surface area contributed by atoms with E-state index in [1.807, 2.05) is 19.9 Å². The topological polar surface area (TPSA) is 55.8 Å². The summed E-state index contributed by atoms with van der Waals surface area (Å²) in [6.45, 7) is 13.8. The van der Waals surface area contributed by atoms with Gasteiger partial charge in [0.25, 0.3) is 0 Å². The highest BCUT2D eigenvalue weighted by atomic mass is 16.5. The third-order valence-electron chi connectivity index (χ3n) is 7.30. The van der Waals surface area contributed by atoms with Crippen LogP contribution in [0.15, 0.2) is 35.9 Å². The first-order valence-electron chi connectivity index (χ1n) is 12.6. The molecule has 0 bridgehead atoms. The van der Waals surface area contributed by atoms with E-state index in [0.29, 0.717) is 19.1 Å². The van der Waals surface area contributed by atoms with Crippen LogP contribution in [0, 0.1) is 5.92 Å². The van der Waals surface area contributed by atoms with E-state index in [1.165, 1.54) is 16.7 Å². The van der Waals surface area contributed by atoms with Crippen LogP contribution in [0.25, 0.3) is 0 Å². The molecule has 182 valence electrons. The van der Waals surface area contributed by atoms with Crippen LogP contribution in [0.4, 0.5) is 0 Å². The van der Waals surface area contributed by atoms with Crippen molar-refractivity contribution in [2.24, 2.45) is 5.92 Å². The Balaban J connectivity index is 1.79. The molecule has 1 unspecified atom stereocenters. The molecule has 3 rings (SSSR count). The summed E-state index contributed by atoms with van der Waals surface area (Å²) in [7, 11) is 0. The quantitative estimate of drug-likeness (QED) is 0.246. The third-order valence-corrected chi connectivity index (χ3v) is 7.30. The summed E-state index contributed by atoms with van der Waals surface area (Å²) in [4.78, 5) is 11.7. The summed E-state index contributed by atoms with van der Waals surface area (Å²) in [6, 6.07) is 4.68. The minimum Gasteiger partial charge on any atom is -0.492 e. The van der Waals surface area contributed by atoms with Crippen molar-refractivity contribution in [2.45, 2.75) is 97.0 Å². The minimum atomic E-state index is -0.287. The van der Waals surface area contributed by atoms with Crippen molar-refractivity contribution in [1.29, 1.82) is 0 Å². The molecule has 1 N–H and O–H groups in total. The number of hydrogen-bond donors (Lipinski definition) is 1. The third kappa shape index (κ3) is 6.09. The lowest BCUT2D eigenvalue weighted by atomic mass is 9.81. The lowest BCUT2D eigenvalue weighted by molar-refractivity contribution is -0.137. The molecule has 1 aromatic rings. The zero-order valence-corrected chi connectivity index (χ0v) is 21.4. The summed E-state index contributed by atoms with van der Waals surface area (Å²) < 4.78 is 11.2. The molecule has 0 amide bonds. The van der Waals surface area contributed by atoms with E-state index >= 15 is 0 Å². The van der Waals surface area contributed by atoms with Gasteiger partial charge in [-0.25, -0.2) is 4.79 Å². The molecule has 0 aromatic heterocycles. The number of aliphatic hydroxyl groups is 1. The second-order valence-electron chi connectivity index (χ2n) is 10.7. The lowest BCUT2D eigenvalue weighted by Crippen LogP contribution is -2.19. The van der Waals surface area contributed by atoms with Gasteiger partial charge in [0.05, 0.1) is 19.3 Å². The molecule has 0 saturated heterocycles. The van der Waals surface area contributed by atoms with Crippen LogP contribution in [0.3, 0.4) is 0 Å². The smallest absolute Gasteiger partial charge is 0.330 e. The Morgan fingerprint density at radius 2 is 2.03 bits per heavy atom. The van der Waals surface area contributed by atoms with E-state index in [-0.39, 0.29) is 22.9 Å². The maximum Gasteiger partial charge on any atom is 0.330 e. The summed E-state index contributed by atoms with van der Waals surface area (Å²) in [5, 5.41) is 10.4. The van der Waals surface area contributed by atoms with Gasteiger partial charge < -0.3 is 14.6 Å². The van der Waals surface area contributed by atoms with Crippen LogP contribution in [-0.2, 0) is 26.8 Å². The molecule has 3 atom stereocenters. The van der Waals surface area contributed by atoms with Crippen LogP contribution in [-0.4, -0.2) is 30.4 Å². The molecule has 0 spiro atoms. The van der Waals surface area contributed by atoms with Gasteiger partial charge in [-0.3, -0.25) is 0 Å². The highest BCUT2D eigenvalue weighted by molar-refractivity contribution is 5.83. The normalized spacial score (nSPS) is 24.5. The molecule has 1 saturated carbocycles. The number of unbranched alkanes of at least 4 members (excludes halogenated alkanes) is 1. The van der Waals surface area contributed by atoms with Crippen LogP contribution in [0.5, 0.6) is 5.75 Å². The van der Waals surface area contributed by atoms with Crippen molar-refractivity contribution in [3.05, 3.63) is 52.6 Å². The Bertz CT molecular complexity index is 910. The number of aryl methyl sites for hydroxylation is 1. The van der Waals surface area contributed by atoms with Crippen LogP contribution >= 0.6 is 0 Å². The highest BCUT2D eigenvalue weighted by Gasteiger charge is 2.50. The van der Waals surface area contributed by atoms with E-state index in [1.54, 1.807) is 6.08 Å². The van der Waals surface area contributed by atoms with Gasteiger partial charge in [-0.1, -0.05) is 64.8 Å². The minimum absolute atomic E-state index is 0.00350. The fraction of sp³-hybridized carbons (Fsp3) is 0.621. The number of hydrogen-bond acceptors (Lipinski definition) is 4. The van der Waals surface area contributed by atoms with Crippen LogP contribution in [0.1, 0.15) is 90.3 Å². The molecule has 1 fully saturated rings. The van der Waals surface area contributed by atoms with Gasteiger partial charge in [0.15, 0.2) is 0 Å². The molecule has 1 heterocycles. The maximum atomic E-state index is 11.7. The van der Waals surface area contributed by atoms with E-state index in [2.05, 4.69) is 45.9 Å². The van der Waals surface area contributed by atoms with E-state index in [9.17, 15) is 9.90 Å². The van der Waals surface area contributed by atoms with Gasteiger partial charge in [0, 0.05) is 17.1 Å². The van der Waals surface area contributed by atoms with Crippen LogP contribution in [0.2, 0.25) is 0 Å². The number of allylic oxidation sites excluding steroid dienone is 3. The average molecular weight is 455 g/mol. The molecule has 4 nitrogen and oxygen atoms in total. The Morgan fingerprint density at radius 1 is 1.27 bits per heavy atom. The zero-order valence-electron chi connectivity index (χ0n) is 21.4. The van der Waals surface area contributed by atoms with Crippen LogP contribution < -0.4 is 4.74 Å². The second-order valence-corrected chi connectivity index (χ2v) is 10.7. The lowest BCUT2D eigenvalue weighted by Gasteiger charge is -2.20. The summed E-state index contributed by atoms with van der Waals surface area (Å²) in [5.74, 6) is 1.19. The SMILES string of the molecule is CCCCC(O)CCc1cc([C@@]2(C)C[C@H]2C=CC(C)=CC(=O)OCC)cc2c1OCC2(C)C. The standard InChI is InChI=1S/C29H42O4/c1-7-9-10-24(30)14-12-21-16-23(17-25-27(21)33-19-28(25,4)5)29(6)18-22(29)13-11-20(3)15-26(31)32-8-2/h11,13,15-17,22,24,30H,7-10,12,14,18-19H2,1-6H3/t22-,24?,29+/m1/s1. The zero-order chi connectivity index (χ0) is 24.2. The predicted molar refractivity (Wildman–Crippen MR) is 134 cm³/mol. The number of benzene rings is 1. The first kappa shape index (κ1) is 25.6. The fourth-order valence-corrected chi connectivity index (χ4v) is 4.81. The van der Waals surface area contributed by atoms with Crippen molar-refractivity contribution in [2.75, 3.05) is 13.2 Å². The van der Waals surface area contributed by atoms with Crippen molar-refractivity contribution >= 4 is 5.97 Å². The number of aliphatic hydroxyl groups excluding tert-OH is 1. The fourth-order valence-electron chi connectivity index (χ4n) is 4.81. The van der Waals surface area contributed by atoms with E-state index in [0.717, 1.165) is 49.8 Å². The van der Waals surface area contributed by atoms with E-state index in [4.69, 9.17) is 9.47 Å². The monoisotopic (exact) mass is 454 g/mol. The molecule has 1 aliphatic carbocycles. The molecule has 0 radical (unpaired) electrons. The molecular weight excluding hydrogens is 412 g/mol. The van der Waals surface area contributed by atoms with Gasteiger partial charge >= 0.3 is 5.97 Å². The Labute approximate surface area is 200 Å². The van der Waals surface area contributed by atoms with Gasteiger partial charge in [0.1, 0.15) is 5.75 Å². The van der Waals surface area contributed by atoms with Crippen molar-refractivity contribution in [1.82, 2.24) is 0 Å². The van der Waals surface area contributed by atoms with Crippen molar-refractivity contribution < 1.29 is 19.4 Å². The van der Waals surface area contributed by atoms with Gasteiger partial charge in [-0.15, -0.1) is 0 Å². The Hall–Kier alpha value is -2.07. The Kier molecular flexibility index (Phi) is 8.10. The average Bonchev–Trinajstić information content (AvgIpc) is 3.33. The predicted octanol–water partition coefficient (Wildman–Crippen LogP) is 6.18. The Morgan fingerprint density at radius 3 is 2.73 bits per heavy atom. The molecule has 4 heteroatoms. The van der Waals surface area contributed by atoms with E-state index < -0.39 is 0 Å². The van der Waals surface area contributed by atoms with Crippen molar-refractivity contribution in [3.63, 3.8) is 0 Å². The molecule has 33 heavy (non-hydrogen) atoms. The first-order valence-corrected chi connectivity index (χ1v) is 12.6. The number of carbonyl (C=O) groups excluding carboxylic acids is 1. The van der Waals surface area contributed by atoms with Crippen molar-refractivity contribution in [3.8, 4) is 5.75 Å². The molecular formula is C29H42O4. The van der Waals surface area contributed by atoms with Gasteiger partial charge in [-0.05, 0) is 67.6 Å². The van der Waals surface area contributed by atoms with Gasteiger partial charge in [0.2, 0.25) is 0 Å². The first-order chi connectivity index (χ1) is 15.6.